The summed E-state index contributed by atoms with van der Waals surface area (Å²) in [4.78, 5) is 1.26. The lowest BCUT2D eigenvalue weighted by atomic mass is 10.2. The summed E-state index contributed by atoms with van der Waals surface area (Å²) in [6.07, 6.45) is 1.16. The maximum absolute atomic E-state index is 4.34. The molecule has 0 aliphatic heterocycles. The lowest BCUT2D eigenvalue weighted by molar-refractivity contribution is 0.662. The van der Waals surface area contributed by atoms with Gasteiger partial charge in [-0.15, -0.1) is 11.3 Å². The Morgan fingerprint density at radius 1 is 1.50 bits per heavy atom. The molecule has 2 rings (SSSR count). The number of hydrogen-bond donors (Lipinski definition) is 2. The Bertz CT molecular complexity index is 445. The minimum absolute atomic E-state index is 0.866. The van der Waals surface area contributed by atoms with Gasteiger partial charge in [-0.25, -0.2) is 0 Å². The Hall–Kier alpha value is -1.13. The molecular weight excluding hydrogens is 218 g/mol. The highest BCUT2D eigenvalue weighted by atomic mass is 32.1. The molecule has 0 bridgehead atoms. The molecule has 0 spiro atoms. The van der Waals surface area contributed by atoms with Gasteiger partial charge in [0.1, 0.15) is 5.69 Å². The average molecular weight is 235 g/mol. The van der Waals surface area contributed by atoms with Crippen LogP contribution in [0.1, 0.15) is 24.6 Å². The van der Waals surface area contributed by atoms with E-state index in [0.717, 1.165) is 30.9 Å². The van der Waals surface area contributed by atoms with E-state index in [1.807, 2.05) is 0 Å². The number of hydrogen-bond acceptors (Lipinski definition) is 3. The third-order valence-electron chi connectivity index (χ3n) is 2.47. The summed E-state index contributed by atoms with van der Waals surface area (Å²) in [5, 5.41) is 12.9. The Morgan fingerprint density at radius 2 is 2.38 bits per heavy atom. The third kappa shape index (κ3) is 2.51. The van der Waals surface area contributed by atoms with Crippen LogP contribution in [0.25, 0.3) is 10.6 Å². The molecule has 2 heterocycles. The smallest absolute Gasteiger partial charge is 0.103 e. The molecule has 0 radical (unpaired) electrons. The van der Waals surface area contributed by atoms with Gasteiger partial charge in [-0.05, 0) is 43.0 Å². The Morgan fingerprint density at radius 3 is 3.06 bits per heavy atom. The molecule has 0 aromatic carbocycles. The van der Waals surface area contributed by atoms with Crippen molar-refractivity contribution in [2.45, 2.75) is 26.8 Å². The van der Waals surface area contributed by atoms with Crippen molar-refractivity contribution in [1.82, 2.24) is 15.5 Å². The van der Waals surface area contributed by atoms with E-state index in [2.05, 4.69) is 46.9 Å². The zero-order valence-corrected chi connectivity index (χ0v) is 10.5. The van der Waals surface area contributed by atoms with Crippen LogP contribution in [0.4, 0.5) is 0 Å². The van der Waals surface area contributed by atoms with Gasteiger partial charge in [0.2, 0.25) is 0 Å². The van der Waals surface area contributed by atoms with Gasteiger partial charge in [-0.1, -0.05) is 6.92 Å². The van der Waals surface area contributed by atoms with Gasteiger partial charge in [-0.3, -0.25) is 5.10 Å². The summed E-state index contributed by atoms with van der Waals surface area (Å²) in [6, 6.07) is 4.26. The first-order valence-electron chi connectivity index (χ1n) is 5.60. The molecule has 0 aliphatic rings. The van der Waals surface area contributed by atoms with Crippen molar-refractivity contribution < 1.29 is 0 Å². The van der Waals surface area contributed by atoms with Gasteiger partial charge in [0.25, 0.3) is 0 Å². The van der Waals surface area contributed by atoms with E-state index in [1.165, 1.54) is 10.4 Å². The Kier molecular flexibility index (Phi) is 3.74. The van der Waals surface area contributed by atoms with E-state index in [4.69, 9.17) is 0 Å². The highest BCUT2D eigenvalue weighted by molar-refractivity contribution is 7.13. The van der Waals surface area contributed by atoms with Crippen molar-refractivity contribution in [1.29, 1.82) is 0 Å². The molecule has 0 unspecified atom stereocenters. The maximum Gasteiger partial charge on any atom is 0.103 e. The van der Waals surface area contributed by atoms with Crippen LogP contribution >= 0.6 is 11.3 Å². The summed E-state index contributed by atoms with van der Waals surface area (Å²) in [6.45, 7) is 6.20. The minimum Gasteiger partial charge on any atom is -0.311 e. The van der Waals surface area contributed by atoms with Gasteiger partial charge in [0, 0.05) is 12.2 Å². The number of aromatic amines is 1. The summed E-state index contributed by atoms with van der Waals surface area (Å²) in [7, 11) is 0. The molecule has 0 atom stereocenters. The van der Waals surface area contributed by atoms with Crippen molar-refractivity contribution in [3.63, 3.8) is 0 Å². The van der Waals surface area contributed by atoms with Crippen LogP contribution in [0.2, 0.25) is 0 Å². The molecule has 0 saturated carbocycles. The fourth-order valence-corrected chi connectivity index (χ4v) is 2.49. The normalized spacial score (nSPS) is 10.9. The van der Waals surface area contributed by atoms with Gasteiger partial charge in [0.05, 0.1) is 4.88 Å². The highest BCUT2D eigenvalue weighted by Gasteiger charge is 2.07. The van der Waals surface area contributed by atoms with Gasteiger partial charge >= 0.3 is 0 Å². The number of aromatic nitrogens is 2. The number of rotatable bonds is 5. The minimum atomic E-state index is 0.866. The third-order valence-corrected chi connectivity index (χ3v) is 3.51. The summed E-state index contributed by atoms with van der Waals surface area (Å²) in [5.41, 5.74) is 3.50. The maximum atomic E-state index is 4.34. The van der Waals surface area contributed by atoms with E-state index in [-0.39, 0.29) is 0 Å². The molecule has 2 N–H and O–H groups in total. The molecule has 0 amide bonds. The van der Waals surface area contributed by atoms with Crippen LogP contribution in [-0.4, -0.2) is 16.7 Å². The lowest BCUT2D eigenvalue weighted by Gasteiger charge is -1.98. The molecule has 0 aliphatic carbocycles. The summed E-state index contributed by atoms with van der Waals surface area (Å²) in [5.74, 6) is 0. The standard InChI is InChI=1S/C12H17N3S/c1-3-5-13-8-10-7-11(15-14-10)12-9(2)4-6-16-12/h4,6-7,13H,3,5,8H2,1-2H3,(H,14,15). The van der Waals surface area contributed by atoms with Crippen molar-refractivity contribution in [2.75, 3.05) is 6.54 Å². The monoisotopic (exact) mass is 235 g/mol. The Balaban J connectivity index is 2.05. The zero-order valence-electron chi connectivity index (χ0n) is 9.71. The average Bonchev–Trinajstić information content (AvgIpc) is 2.87. The number of nitrogens with zero attached hydrogens (tertiary/aromatic N) is 1. The second-order valence-electron chi connectivity index (χ2n) is 3.89. The van der Waals surface area contributed by atoms with Crippen LogP contribution in [-0.2, 0) is 6.54 Å². The number of H-pyrrole nitrogens is 1. The fourth-order valence-electron chi connectivity index (χ4n) is 1.60. The van der Waals surface area contributed by atoms with E-state index < -0.39 is 0 Å². The van der Waals surface area contributed by atoms with E-state index in [9.17, 15) is 0 Å². The van der Waals surface area contributed by atoms with Crippen LogP contribution in [0.3, 0.4) is 0 Å². The van der Waals surface area contributed by atoms with Crippen LogP contribution in [0.5, 0.6) is 0 Å². The molecule has 2 aromatic heterocycles. The van der Waals surface area contributed by atoms with Crippen molar-refractivity contribution >= 4 is 11.3 Å². The first kappa shape index (κ1) is 11.4. The quantitative estimate of drug-likeness (QED) is 0.782. The fraction of sp³-hybridized carbons (Fsp3) is 0.417. The van der Waals surface area contributed by atoms with E-state index in [0.29, 0.717) is 0 Å². The van der Waals surface area contributed by atoms with Crippen molar-refractivity contribution in [3.8, 4) is 10.6 Å². The van der Waals surface area contributed by atoms with Crippen molar-refractivity contribution in [2.24, 2.45) is 0 Å². The number of thiophene rings is 1. The first-order chi connectivity index (χ1) is 7.81. The summed E-state index contributed by atoms with van der Waals surface area (Å²) >= 11 is 1.74. The molecular formula is C12H17N3S. The molecule has 0 fully saturated rings. The first-order valence-corrected chi connectivity index (χ1v) is 6.48. The second-order valence-corrected chi connectivity index (χ2v) is 4.80. The molecule has 2 aromatic rings. The molecule has 4 heteroatoms. The van der Waals surface area contributed by atoms with Gasteiger partial charge in [-0.2, -0.15) is 5.10 Å². The Labute approximate surface area is 99.9 Å². The SMILES string of the molecule is CCCNCc1cc(-c2sccc2C)n[nH]1. The molecule has 3 nitrogen and oxygen atoms in total. The van der Waals surface area contributed by atoms with E-state index in [1.54, 1.807) is 11.3 Å². The number of aryl methyl sites for hydroxylation is 1. The van der Waals surface area contributed by atoms with Gasteiger partial charge < -0.3 is 5.32 Å². The van der Waals surface area contributed by atoms with Crippen molar-refractivity contribution in [3.05, 3.63) is 28.8 Å². The molecule has 0 saturated heterocycles. The molecule has 86 valence electrons. The predicted molar refractivity (Wildman–Crippen MR) is 68.6 cm³/mol. The largest absolute Gasteiger partial charge is 0.311 e. The highest BCUT2D eigenvalue weighted by Crippen LogP contribution is 2.27. The second kappa shape index (κ2) is 5.27. The van der Waals surface area contributed by atoms with Crippen LogP contribution in [0, 0.1) is 6.92 Å². The predicted octanol–water partition coefficient (Wildman–Crippen LogP) is 2.95. The van der Waals surface area contributed by atoms with Gasteiger partial charge in [0.15, 0.2) is 0 Å². The topological polar surface area (TPSA) is 40.7 Å². The molecule has 16 heavy (non-hydrogen) atoms. The lowest BCUT2D eigenvalue weighted by Crippen LogP contribution is -2.13. The van der Waals surface area contributed by atoms with Crippen LogP contribution in [0.15, 0.2) is 17.5 Å². The van der Waals surface area contributed by atoms with Crippen LogP contribution < -0.4 is 5.32 Å². The summed E-state index contributed by atoms with van der Waals surface area (Å²) < 4.78 is 0. The van der Waals surface area contributed by atoms with E-state index >= 15 is 0 Å². The number of nitrogens with one attached hydrogen (secondary N) is 2. The zero-order chi connectivity index (χ0) is 11.4.